The molecule has 0 bridgehead atoms. The lowest BCUT2D eigenvalue weighted by molar-refractivity contribution is 0.620. The maximum absolute atomic E-state index is 4.23. The summed E-state index contributed by atoms with van der Waals surface area (Å²) in [7, 11) is 0. The number of rotatable bonds is 4. The molecule has 1 rings (SSSR count). The molecule has 0 amide bonds. The second-order valence-electron chi connectivity index (χ2n) is 4.31. The number of hydrogen-bond donors (Lipinski definition) is 2. The summed E-state index contributed by atoms with van der Waals surface area (Å²) in [5, 5.41) is 8.46. The number of nitrogens with zero attached hydrogens (tertiary/aromatic N) is 2. The molecule has 1 aliphatic rings. The molecule has 0 unspecified atom stereocenters. The van der Waals surface area contributed by atoms with Gasteiger partial charge >= 0.3 is 0 Å². The van der Waals surface area contributed by atoms with Crippen LogP contribution >= 0.6 is 0 Å². The Morgan fingerprint density at radius 2 is 1.06 bits per heavy atom. The molecular formula is C12H20N4. The highest BCUT2D eigenvalue weighted by Crippen LogP contribution is 1.97. The summed E-state index contributed by atoms with van der Waals surface area (Å²) < 4.78 is 0. The van der Waals surface area contributed by atoms with Crippen molar-refractivity contribution in [2.45, 2.75) is 39.8 Å². The highest BCUT2D eigenvalue weighted by Gasteiger charge is 1.99. The van der Waals surface area contributed by atoms with Crippen molar-refractivity contribution in [3.05, 3.63) is 24.3 Å². The first kappa shape index (κ1) is 12.5. The average molecular weight is 220 g/mol. The molecule has 2 N–H and O–H groups in total. The Morgan fingerprint density at radius 3 is 1.31 bits per heavy atom. The van der Waals surface area contributed by atoms with Crippen LogP contribution in [0.5, 0.6) is 0 Å². The fourth-order valence-corrected chi connectivity index (χ4v) is 1.01. The number of nitrogens with one attached hydrogen (secondary N) is 2. The predicted octanol–water partition coefficient (Wildman–Crippen LogP) is 1.82. The van der Waals surface area contributed by atoms with Crippen molar-refractivity contribution in [2.75, 3.05) is 0 Å². The summed E-state index contributed by atoms with van der Waals surface area (Å²) in [4.78, 5) is 0. The monoisotopic (exact) mass is 220 g/mol. The summed E-state index contributed by atoms with van der Waals surface area (Å²) in [6.45, 7) is 8.22. The first-order chi connectivity index (χ1) is 7.58. The van der Waals surface area contributed by atoms with Gasteiger partial charge in [0.15, 0.2) is 0 Å². The van der Waals surface area contributed by atoms with Crippen molar-refractivity contribution in [1.82, 2.24) is 10.9 Å². The summed E-state index contributed by atoms with van der Waals surface area (Å²) in [5.74, 6) is 0. The number of allylic oxidation sites excluding steroid dienone is 4. The Bertz CT molecular complexity index is 285. The molecule has 4 nitrogen and oxygen atoms in total. The summed E-state index contributed by atoms with van der Waals surface area (Å²) in [6.07, 6.45) is 7.76. The molecule has 16 heavy (non-hydrogen) atoms. The highest BCUT2D eigenvalue weighted by molar-refractivity contribution is 6.18. The second kappa shape index (κ2) is 6.10. The molecule has 88 valence electrons. The molecule has 0 spiro atoms. The van der Waals surface area contributed by atoms with E-state index in [2.05, 4.69) is 48.7 Å². The molecular weight excluding hydrogens is 200 g/mol. The predicted molar refractivity (Wildman–Crippen MR) is 69.7 cm³/mol. The number of hydrogen-bond acceptors (Lipinski definition) is 4. The standard InChI is InChI=1S/C12H20N4/c1-9(2)13-15-11-5-7-12(8-6-11)16-14-10(3)4/h5-10,13-14H,1-4H3. The SMILES string of the molecule is CC(C)NN=C1C=CC(=NNC(C)C)C=C1. The van der Waals surface area contributed by atoms with E-state index >= 15 is 0 Å². The average Bonchev–Trinajstić information content (AvgIpc) is 2.25. The molecule has 0 aliphatic heterocycles. The lowest BCUT2D eigenvalue weighted by Crippen LogP contribution is -2.19. The molecule has 0 heterocycles. The van der Waals surface area contributed by atoms with Crippen molar-refractivity contribution in [3.63, 3.8) is 0 Å². The third-order valence-electron chi connectivity index (χ3n) is 1.75. The van der Waals surface area contributed by atoms with Gasteiger partial charge in [0.25, 0.3) is 0 Å². The van der Waals surface area contributed by atoms with Crippen molar-refractivity contribution >= 4 is 11.4 Å². The van der Waals surface area contributed by atoms with E-state index in [4.69, 9.17) is 0 Å². The van der Waals surface area contributed by atoms with Crippen LogP contribution in [0.15, 0.2) is 34.5 Å². The van der Waals surface area contributed by atoms with Crippen LogP contribution in [0.1, 0.15) is 27.7 Å². The van der Waals surface area contributed by atoms with Crippen LogP contribution in [0.25, 0.3) is 0 Å². The normalized spacial score (nSPS) is 14.6. The molecule has 0 radical (unpaired) electrons. The molecule has 0 fully saturated rings. The Kier molecular flexibility index (Phi) is 4.76. The van der Waals surface area contributed by atoms with Gasteiger partial charge < -0.3 is 10.9 Å². The second-order valence-corrected chi connectivity index (χ2v) is 4.31. The van der Waals surface area contributed by atoms with Gasteiger partial charge in [0.1, 0.15) is 0 Å². The van der Waals surface area contributed by atoms with Crippen LogP contribution < -0.4 is 10.9 Å². The zero-order chi connectivity index (χ0) is 12.0. The molecule has 4 heteroatoms. The lowest BCUT2D eigenvalue weighted by Gasteiger charge is -2.07. The van der Waals surface area contributed by atoms with E-state index < -0.39 is 0 Å². The first-order valence-electron chi connectivity index (χ1n) is 5.60. The van der Waals surface area contributed by atoms with E-state index in [1.807, 2.05) is 24.3 Å². The lowest BCUT2D eigenvalue weighted by atomic mass is 10.1. The van der Waals surface area contributed by atoms with Crippen LogP contribution in [0.4, 0.5) is 0 Å². The Hall–Kier alpha value is -1.58. The fraction of sp³-hybridized carbons (Fsp3) is 0.500. The van der Waals surface area contributed by atoms with Gasteiger partial charge in [-0.15, -0.1) is 0 Å². The van der Waals surface area contributed by atoms with E-state index in [-0.39, 0.29) is 0 Å². The van der Waals surface area contributed by atoms with Crippen LogP contribution in [-0.4, -0.2) is 23.5 Å². The van der Waals surface area contributed by atoms with Crippen molar-refractivity contribution in [3.8, 4) is 0 Å². The smallest absolute Gasteiger partial charge is 0.0830 e. The zero-order valence-electron chi connectivity index (χ0n) is 10.4. The topological polar surface area (TPSA) is 48.8 Å². The number of hydrazone groups is 2. The maximum Gasteiger partial charge on any atom is 0.0830 e. The summed E-state index contributed by atoms with van der Waals surface area (Å²) >= 11 is 0. The largest absolute Gasteiger partial charge is 0.307 e. The van der Waals surface area contributed by atoms with Gasteiger partial charge in [-0.3, -0.25) is 0 Å². The molecule has 0 aromatic heterocycles. The third kappa shape index (κ3) is 4.77. The maximum atomic E-state index is 4.23. The van der Waals surface area contributed by atoms with E-state index in [1.165, 1.54) is 0 Å². The third-order valence-corrected chi connectivity index (χ3v) is 1.75. The summed E-state index contributed by atoms with van der Waals surface area (Å²) in [5.41, 5.74) is 7.85. The minimum Gasteiger partial charge on any atom is -0.307 e. The van der Waals surface area contributed by atoms with E-state index in [1.54, 1.807) is 0 Å². The Morgan fingerprint density at radius 1 is 0.750 bits per heavy atom. The summed E-state index contributed by atoms with van der Waals surface area (Å²) in [6, 6.07) is 0.707. The molecule has 0 saturated carbocycles. The fourth-order valence-electron chi connectivity index (χ4n) is 1.01. The van der Waals surface area contributed by atoms with Crippen LogP contribution in [-0.2, 0) is 0 Å². The van der Waals surface area contributed by atoms with Gasteiger partial charge in [-0.2, -0.15) is 10.2 Å². The van der Waals surface area contributed by atoms with Gasteiger partial charge in [-0.25, -0.2) is 0 Å². The quantitative estimate of drug-likeness (QED) is 0.561. The minimum atomic E-state index is 0.354. The van der Waals surface area contributed by atoms with Crippen molar-refractivity contribution in [1.29, 1.82) is 0 Å². The van der Waals surface area contributed by atoms with Crippen molar-refractivity contribution in [2.24, 2.45) is 10.2 Å². The first-order valence-corrected chi connectivity index (χ1v) is 5.60. The Labute approximate surface area is 97.2 Å². The van der Waals surface area contributed by atoms with Gasteiger partial charge in [-0.1, -0.05) is 0 Å². The molecule has 0 saturated heterocycles. The molecule has 0 aromatic rings. The minimum absolute atomic E-state index is 0.354. The zero-order valence-corrected chi connectivity index (χ0v) is 10.4. The van der Waals surface area contributed by atoms with Gasteiger partial charge in [-0.05, 0) is 52.0 Å². The van der Waals surface area contributed by atoms with E-state index in [9.17, 15) is 0 Å². The molecule has 0 atom stereocenters. The molecule has 1 aliphatic carbocycles. The van der Waals surface area contributed by atoms with Gasteiger partial charge in [0.2, 0.25) is 0 Å². The van der Waals surface area contributed by atoms with Gasteiger partial charge in [0.05, 0.1) is 11.4 Å². The van der Waals surface area contributed by atoms with Crippen LogP contribution in [0.3, 0.4) is 0 Å². The molecule has 0 aromatic carbocycles. The van der Waals surface area contributed by atoms with E-state index in [0.29, 0.717) is 12.1 Å². The highest BCUT2D eigenvalue weighted by atomic mass is 15.3. The van der Waals surface area contributed by atoms with E-state index in [0.717, 1.165) is 11.4 Å². The van der Waals surface area contributed by atoms with Gasteiger partial charge in [0, 0.05) is 12.1 Å². The Balaban J connectivity index is 2.52. The van der Waals surface area contributed by atoms with Crippen molar-refractivity contribution < 1.29 is 0 Å². The van der Waals surface area contributed by atoms with Crippen LogP contribution in [0.2, 0.25) is 0 Å². The van der Waals surface area contributed by atoms with Crippen LogP contribution in [0, 0.1) is 0 Å².